The van der Waals surface area contributed by atoms with Crippen molar-refractivity contribution in [2.75, 3.05) is 39.0 Å². The number of nitrogens with zero attached hydrogens (tertiary/aromatic N) is 2. The normalized spacial score (nSPS) is 15.5. The molecule has 1 aromatic carbocycles. The van der Waals surface area contributed by atoms with Crippen LogP contribution >= 0.6 is 0 Å². The molecule has 0 aliphatic carbocycles. The smallest absolute Gasteiger partial charge is 0.319 e. The van der Waals surface area contributed by atoms with E-state index in [2.05, 4.69) is 22.1 Å². The van der Waals surface area contributed by atoms with Crippen molar-refractivity contribution in [3.05, 3.63) is 42.0 Å². The Morgan fingerprint density at radius 3 is 2.48 bits per heavy atom. The lowest BCUT2D eigenvalue weighted by Gasteiger charge is -2.32. The molecule has 3 amide bonds. The Labute approximate surface area is 149 Å². The number of hydrogen-bond donors (Lipinski definition) is 2. The van der Waals surface area contributed by atoms with Crippen LogP contribution in [0.15, 0.2) is 36.4 Å². The second-order valence-electron chi connectivity index (χ2n) is 6.85. The van der Waals surface area contributed by atoms with Gasteiger partial charge in [-0.3, -0.25) is 9.69 Å². The van der Waals surface area contributed by atoms with Gasteiger partial charge in [0.1, 0.15) is 0 Å². The molecule has 1 saturated heterocycles. The number of likely N-dealkylation sites (tertiary alicyclic amines) is 1. The second-order valence-corrected chi connectivity index (χ2v) is 6.85. The maximum Gasteiger partial charge on any atom is 0.319 e. The van der Waals surface area contributed by atoms with Crippen molar-refractivity contribution in [1.82, 2.24) is 15.1 Å². The third kappa shape index (κ3) is 5.60. The Kier molecular flexibility index (Phi) is 6.58. The van der Waals surface area contributed by atoms with Gasteiger partial charge >= 0.3 is 6.03 Å². The minimum Gasteiger partial charge on any atom is -0.345 e. The number of benzene rings is 1. The molecule has 2 N–H and O–H groups in total. The first kappa shape index (κ1) is 19.0. The molecule has 1 heterocycles. The van der Waals surface area contributed by atoms with Gasteiger partial charge in [-0.25, -0.2) is 4.79 Å². The van der Waals surface area contributed by atoms with Crippen molar-refractivity contribution in [1.29, 1.82) is 0 Å². The van der Waals surface area contributed by atoms with Gasteiger partial charge in [-0.2, -0.15) is 0 Å². The van der Waals surface area contributed by atoms with Gasteiger partial charge in [0, 0.05) is 39.8 Å². The van der Waals surface area contributed by atoms with Gasteiger partial charge in [0.2, 0.25) is 0 Å². The van der Waals surface area contributed by atoms with Gasteiger partial charge in [0.25, 0.3) is 5.91 Å². The van der Waals surface area contributed by atoms with E-state index >= 15 is 0 Å². The summed E-state index contributed by atoms with van der Waals surface area (Å²) < 4.78 is 0. The first-order chi connectivity index (χ1) is 11.9. The van der Waals surface area contributed by atoms with Crippen molar-refractivity contribution >= 4 is 17.6 Å². The summed E-state index contributed by atoms with van der Waals surface area (Å²) in [6.07, 6.45) is 1.83. The van der Waals surface area contributed by atoms with Gasteiger partial charge in [-0.05, 0) is 31.9 Å². The van der Waals surface area contributed by atoms with E-state index in [1.54, 1.807) is 38.4 Å². The van der Waals surface area contributed by atoms with Crippen molar-refractivity contribution in [3.63, 3.8) is 0 Å². The third-order valence-electron chi connectivity index (χ3n) is 4.23. The first-order valence-corrected chi connectivity index (χ1v) is 8.61. The lowest BCUT2D eigenvalue weighted by atomic mass is 10.0. The third-order valence-corrected chi connectivity index (χ3v) is 4.23. The first-order valence-electron chi connectivity index (χ1n) is 8.61. The van der Waals surface area contributed by atoms with Crippen LogP contribution < -0.4 is 10.6 Å². The topological polar surface area (TPSA) is 64.7 Å². The molecule has 0 saturated carbocycles. The lowest BCUT2D eigenvalue weighted by molar-refractivity contribution is 0.0828. The van der Waals surface area contributed by atoms with E-state index < -0.39 is 0 Å². The van der Waals surface area contributed by atoms with Gasteiger partial charge in [0.15, 0.2) is 0 Å². The highest BCUT2D eigenvalue weighted by atomic mass is 16.2. The number of carbonyl (C=O) groups is 2. The van der Waals surface area contributed by atoms with E-state index in [-0.39, 0.29) is 18.0 Å². The summed E-state index contributed by atoms with van der Waals surface area (Å²) in [7, 11) is 3.38. The number of carbonyl (C=O) groups excluding carboxylic acids is 2. The number of rotatable bonds is 5. The van der Waals surface area contributed by atoms with Crippen LogP contribution in [0.25, 0.3) is 0 Å². The second kappa shape index (κ2) is 8.67. The molecule has 136 valence electrons. The van der Waals surface area contributed by atoms with Crippen LogP contribution in [-0.4, -0.2) is 61.5 Å². The largest absolute Gasteiger partial charge is 0.345 e. The fourth-order valence-electron chi connectivity index (χ4n) is 2.98. The van der Waals surface area contributed by atoms with Crippen LogP contribution in [0.2, 0.25) is 0 Å². The molecule has 0 unspecified atom stereocenters. The fraction of sp³-hybridized carbons (Fsp3) is 0.474. The van der Waals surface area contributed by atoms with E-state index in [0.29, 0.717) is 11.3 Å². The number of urea groups is 1. The molecular formula is C19H28N4O2. The van der Waals surface area contributed by atoms with Crippen LogP contribution in [0, 0.1) is 0 Å². The Hall–Kier alpha value is -2.34. The number of piperidine rings is 1. The highest BCUT2D eigenvalue weighted by molar-refractivity contribution is 6.03. The van der Waals surface area contributed by atoms with E-state index in [1.807, 2.05) is 6.92 Å². The molecule has 1 aliphatic heterocycles. The average Bonchev–Trinajstić information content (AvgIpc) is 2.56. The molecule has 6 heteroatoms. The Morgan fingerprint density at radius 2 is 1.88 bits per heavy atom. The zero-order valence-electron chi connectivity index (χ0n) is 15.3. The van der Waals surface area contributed by atoms with Crippen molar-refractivity contribution in [3.8, 4) is 0 Å². The van der Waals surface area contributed by atoms with Crippen molar-refractivity contribution in [2.45, 2.75) is 25.8 Å². The summed E-state index contributed by atoms with van der Waals surface area (Å²) in [5, 5.41) is 5.82. The zero-order valence-corrected chi connectivity index (χ0v) is 15.3. The predicted octanol–water partition coefficient (Wildman–Crippen LogP) is 2.55. The van der Waals surface area contributed by atoms with Gasteiger partial charge in [-0.1, -0.05) is 24.3 Å². The monoisotopic (exact) mass is 344 g/mol. The molecule has 2 rings (SSSR count). The number of hydrogen-bond acceptors (Lipinski definition) is 3. The SMILES string of the molecule is C=C(C)CN1CCC(NC(=O)Nc2ccccc2C(=O)N(C)C)CC1. The Bertz CT molecular complexity index is 634. The molecule has 25 heavy (non-hydrogen) atoms. The maximum atomic E-state index is 12.3. The highest BCUT2D eigenvalue weighted by Gasteiger charge is 2.21. The molecule has 0 spiro atoms. The van der Waals surface area contributed by atoms with Crippen LogP contribution in [0.1, 0.15) is 30.1 Å². The molecule has 1 aromatic rings. The molecule has 0 aromatic heterocycles. The summed E-state index contributed by atoms with van der Waals surface area (Å²) in [4.78, 5) is 28.4. The number of nitrogens with one attached hydrogen (secondary N) is 2. The minimum absolute atomic E-state index is 0.135. The van der Waals surface area contributed by atoms with Crippen LogP contribution in [0.3, 0.4) is 0 Å². The van der Waals surface area contributed by atoms with E-state index in [4.69, 9.17) is 0 Å². The van der Waals surface area contributed by atoms with Gasteiger partial charge in [0.05, 0.1) is 11.3 Å². The van der Waals surface area contributed by atoms with Crippen molar-refractivity contribution < 1.29 is 9.59 Å². The zero-order chi connectivity index (χ0) is 18.4. The van der Waals surface area contributed by atoms with E-state index in [1.165, 1.54) is 4.90 Å². The maximum absolute atomic E-state index is 12.3. The molecule has 1 fully saturated rings. The summed E-state index contributed by atoms with van der Waals surface area (Å²) in [6.45, 7) is 8.80. The standard InChI is InChI=1S/C19H28N4O2/c1-14(2)13-23-11-9-15(10-12-23)20-19(25)21-17-8-6-5-7-16(17)18(24)22(3)4/h5-8,15H,1,9-13H2,2-4H3,(H2,20,21,25). The number of para-hydroxylation sites is 1. The quantitative estimate of drug-likeness (QED) is 0.807. The molecule has 1 aliphatic rings. The van der Waals surface area contributed by atoms with E-state index in [0.717, 1.165) is 38.0 Å². The summed E-state index contributed by atoms with van der Waals surface area (Å²) in [5.41, 5.74) is 2.17. The Morgan fingerprint density at radius 1 is 1.24 bits per heavy atom. The van der Waals surface area contributed by atoms with Gasteiger partial charge in [-0.15, -0.1) is 0 Å². The fourth-order valence-corrected chi connectivity index (χ4v) is 2.98. The molecule has 0 radical (unpaired) electrons. The predicted molar refractivity (Wildman–Crippen MR) is 101 cm³/mol. The summed E-state index contributed by atoms with van der Waals surface area (Å²) in [6, 6.07) is 6.94. The van der Waals surface area contributed by atoms with Crippen molar-refractivity contribution in [2.24, 2.45) is 0 Å². The van der Waals surface area contributed by atoms with E-state index in [9.17, 15) is 9.59 Å². The molecule has 6 nitrogen and oxygen atoms in total. The molecule has 0 atom stereocenters. The summed E-state index contributed by atoms with van der Waals surface area (Å²) >= 11 is 0. The number of anilines is 1. The minimum atomic E-state index is -0.266. The van der Waals surface area contributed by atoms with Crippen LogP contribution in [0.4, 0.5) is 10.5 Å². The Balaban J connectivity index is 1.89. The molecule has 0 bridgehead atoms. The average molecular weight is 344 g/mol. The number of amides is 3. The summed E-state index contributed by atoms with van der Waals surface area (Å²) in [5.74, 6) is -0.135. The van der Waals surface area contributed by atoms with Gasteiger partial charge < -0.3 is 15.5 Å². The lowest BCUT2D eigenvalue weighted by Crippen LogP contribution is -2.46. The van der Waals surface area contributed by atoms with Crippen LogP contribution in [0.5, 0.6) is 0 Å². The highest BCUT2D eigenvalue weighted by Crippen LogP contribution is 2.17. The van der Waals surface area contributed by atoms with Crippen LogP contribution in [-0.2, 0) is 0 Å². The molecular weight excluding hydrogens is 316 g/mol.